The average molecular weight is 660 g/mol. The highest BCUT2D eigenvalue weighted by Crippen LogP contribution is 2.26. The van der Waals surface area contributed by atoms with E-state index in [1.165, 1.54) is 19.1 Å². The molecule has 0 aliphatic carbocycles. The largest absolute Gasteiger partial charge is 0.320 e. The molecule has 2 aromatic rings. The van der Waals surface area contributed by atoms with Crippen LogP contribution in [0.2, 0.25) is 0 Å². The number of carbonyl (C=O) groups is 3. The molecule has 6 N–H and O–H groups in total. The van der Waals surface area contributed by atoms with Crippen molar-refractivity contribution in [3.8, 4) is 0 Å². The van der Waals surface area contributed by atoms with Gasteiger partial charge in [0.05, 0.1) is 29.3 Å². The third kappa shape index (κ3) is 14.3. The van der Waals surface area contributed by atoms with Gasteiger partial charge in [-0.05, 0) is 50.3 Å². The fraction of sp³-hybridized carbons (Fsp3) is 0.414. The highest BCUT2D eigenvalue weighted by atomic mass is 35.5. The van der Waals surface area contributed by atoms with E-state index in [4.69, 9.17) is 33.5 Å². The van der Waals surface area contributed by atoms with Gasteiger partial charge in [0.15, 0.2) is 0 Å². The molecule has 0 aliphatic heterocycles. The zero-order chi connectivity index (χ0) is 32.7. The first-order valence-corrected chi connectivity index (χ1v) is 15.7. The van der Waals surface area contributed by atoms with Gasteiger partial charge in [-0.15, -0.1) is 23.2 Å². The summed E-state index contributed by atoms with van der Waals surface area (Å²) in [5.41, 5.74) is 11.7. The second kappa shape index (κ2) is 18.6. The lowest BCUT2D eigenvalue weighted by Crippen LogP contribution is -2.55. The molecule has 0 saturated heterocycles. The van der Waals surface area contributed by atoms with Crippen LogP contribution in [0.3, 0.4) is 0 Å². The van der Waals surface area contributed by atoms with Crippen molar-refractivity contribution in [3.63, 3.8) is 0 Å². The molecule has 3 amide bonds. The fourth-order valence-corrected chi connectivity index (χ4v) is 4.67. The molecular weight excluding hydrogens is 619 g/mol. The number of hydrogen-bond donors (Lipinski definition) is 5. The van der Waals surface area contributed by atoms with Gasteiger partial charge in [-0.25, -0.2) is 5.48 Å². The smallest absolute Gasteiger partial charge is 0.294 e. The molecule has 0 aliphatic rings. The van der Waals surface area contributed by atoms with E-state index in [0.29, 0.717) is 6.42 Å². The summed E-state index contributed by atoms with van der Waals surface area (Å²) in [4.78, 5) is 37.0. The van der Waals surface area contributed by atoms with Gasteiger partial charge in [0.1, 0.15) is 4.84 Å². The van der Waals surface area contributed by atoms with E-state index in [9.17, 15) is 28.0 Å². The van der Waals surface area contributed by atoms with Crippen LogP contribution in [0.1, 0.15) is 44.7 Å². The minimum atomic E-state index is -4.02. The molecule has 14 heteroatoms. The second-order valence-electron chi connectivity index (χ2n) is 10.3. The van der Waals surface area contributed by atoms with E-state index in [1.807, 2.05) is 57.2 Å². The minimum absolute atomic E-state index is 0.0595. The Hall–Kier alpha value is -3.00. The van der Waals surface area contributed by atoms with E-state index in [1.54, 1.807) is 23.7 Å². The number of nitrogens with two attached hydrogens (primary N) is 1. The molecule has 0 fully saturated rings. The maximum Gasteiger partial charge on any atom is 0.294 e. The number of halogens is 2. The van der Waals surface area contributed by atoms with Crippen molar-refractivity contribution >= 4 is 57.1 Å². The number of aryl methyl sites for hydroxylation is 1. The van der Waals surface area contributed by atoms with Crippen LogP contribution >= 0.6 is 23.2 Å². The van der Waals surface area contributed by atoms with Crippen LogP contribution in [0.15, 0.2) is 65.6 Å². The van der Waals surface area contributed by atoms with Crippen LogP contribution in [0, 0.1) is 24.7 Å². The lowest BCUT2D eigenvalue weighted by molar-refractivity contribution is -0.147. The number of hydrazine groups is 1. The van der Waals surface area contributed by atoms with Crippen LogP contribution in [-0.2, 0) is 24.5 Å². The Bertz CT molecular complexity index is 1310. The Morgan fingerprint density at radius 1 is 0.977 bits per heavy atom. The predicted molar refractivity (Wildman–Crippen MR) is 166 cm³/mol. The molecule has 0 saturated carbocycles. The topological polar surface area (TPSA) is 179 Å². The zero-order valence-corrected chi connectivity index (χ0v) is 26.8. The van der Waals surface area contributed by atoms with Crippen LogP contribution < -0.4 is 16.6 Å². The summed E-state index contributed by atoms with van der Waals surface area (Å²) in [7, 11) is -4.02. The van der Waals surface area contributed by atoms with Crippen LogP contribution in [0.5, 0.6) is 0 Å². The molecule has 3 atom stereocenters. The molecular formula is C29H40Cl2N4O7S. The number of hydrogen-bond acceptors (Lipinski definition) is 7. The lowest BCUT2D eigenvalue weighted by atomic mass is 9.82. The van der Waals surface area contributed by atoms with Crippen LogP contribution in [0.4, 0.5) is 0 Å². The Morgan fingerprint density at radius 2 is 1.56 bits per heavy atom. The van der Waals surface area contributed by atoms with Crippen LogP contribution in [-0.4, -0.2) is 58.3 Å². The van der Waals surface area contributed by atoms with E-state index < -0.39 is 50.6 Å². The normalized spacial score (nSPS) is 13.6. The number of carbonyl (C=O) groups excluding carboxylic acids is 3. The van der Waals surface area contributed by atoms with Gasteiger partial charge in [-0.3, -0.25) is 34.6 Å². The molecule has 238 valence electrons. The van der Waals surface area contributed by atoms with E-state index in [2.05, 4.69) is 5.43 Å². The van der Waals surface area contributed by atoms with Gasteiger partial charge >= 0.3 is 0 Å². The van der Waals surface area contributed by atoms with Gasteiger partial charge in [0, 0.05) is 0 Å². The second-order valence-corrected chi connectivity index (χ2v) is 13.0. The third-order valence-corrected chi connectivity index (χ3v) is 7.18. The quantitative estimate of drug-likeness (QED) is 0.0977. The molecule has 11 nitrogen and oxygen atoms in total. The van der Waals surface area contributed by atoms with Gasteiger partial charge in [-0.2, -0.15) is 8.42 Å². The summed E-state index contributed by atoms with van der Waals surface area (Å²) in [5.74, 6) is -3.48. The molecule has 0 heterocycles. The summed E-state index contributed by atoms with van der Waals surface area (Å²) < 4.78 is 29.6. The van der Waals surface area contributed by atoms with Crippen molar-refractivity contribution in [3.05, 3.63) is 71.8 Å². The Balaban J connectivity index is 0.000000699. The molecule has 0 bridgehead atoms. The van der Waals surface area contributed by atoms with Gasteiger partial charge in [0.25, 0.3) is 16.0 Å². The third-order valence-electron chi connectivity index (χ3n) is 6.03. The number of nitrogens with zero attached hydrogens (tertiary/aromatic N) is 1. The van der Waals surface area contributed by atoms with Crippen molar-refractivity contribution < 1.29 is 32.6 Å². The SMILES string of the molecule is CC(C)C[C@@H](C(=O)NN(CC(Cl)Cl)C(=O)[C@@H](C)N)[C@H](CC=Cc1ccccc1)C(=O)NO.Cc1ccc(S(=O)(=O)O)cc1. The minimum Gasteiger partial charge on any atom is -0.320 e. The number of hydroxylamine groups is 1. The Morgan fingerprint density at radius 3 is 2.02 bits per heavy atom. The van der Waals surface area contributed by atoms with Crippen molar-refractivity contribution in [1.29, 1.82) is 0 Å². The van der Waals surface area contributed by atoms with Gasteiger partial charge in [-0.1, -0.05) is 74.0 Å². The average Bonchev–Trinajstić information content (AvgIpc) is 2.93. The molecule has 0 unspecified atom stereocenters. The summed E-state index contributed by atoms with van der Waals surface area (Å²) in [6, 6.07) is 14.6. The highest BCUT2D eigenvalue weighted by molar-refractivity contribution is 7.85. The van der Waals surface area contributed by atoms with E-state index >= 15 is 0 Å². The molecule has 0 aromatic heterocycles. The van der Waals surface area contributed by atoms with Crippen LogP contribution in [0.25, 0.3) is 6.08 Å². The first-order chi connectivity index (χ1) is 20.1. The van der Waals surface area contributed by atoms with Gasteiger partial charge < -0.3 is 5.73 Å². The maximum absolute atomic E-state index is 13.2. The molecule has 2 rings (SSSR count). The van der Waals surface area contributed by atoms with Crippen molar-refractivity contribution in [2.75, 3.05) is 6.54 Å². The highest BCUT2D eigenvalue weighted by Gasteiger charge is 2.35. The summed E-state index contributed by atoms with van der Waals surface area (Å²) in [6.45, 7) is 6.96. The monoisotopic (exact) mass is 658 g/mol. The van der Waals surface area contributed by atoms with Crippen molar-refractivity contribution in [2.45, 2.75) is 56.3 Å². The number of nitrogens with one attached hydrogen (secondary N) is 2. The van der Waals surface area contributed by atoms with E-state index in [0.717, 1.165) is 16.1 Å². The number of rotatable bonds is 12. The fourth-order valence-electron chi connectivity index (χ4n) is 3.91. The maximum atomic E-state index is 13.2. The molecule has 2 aromatic carbocycles. The molecule has 0 radical (unpaired) electrons. The predicted octanol–water partition coefficient (Wildman–Crippen LogP) is 4.13. The van der Waals surface area contributed by atoms with E-state index in [-0.39, 0.29) is 23.8 Å². The van der Waals surface area contributed by atoms with Crippen molar-refractivity contribution in [1.82, 2.24) is 15.9 Å². The Kier molecular flexibility index (Phi) is 16.5. The summed E-state index contributed by atoms with van der Waals surface area (Å²) in [6.07, 6.45) is 4.14. The molecule has 0 spiro atoms. The number of allylic oxidation sites excluding steroid dienone is 1. The first kappa shape index (κ1) is 38.0. The summed E-state index contributed by atoms with van der Waals surface area (Å²) in [5, 5.41) is 10.2. The standard InChI is InChI=1S/C22H32Cl2N4O4.C7H8O3S/c1-14(2)12-18(20(29)26-28(13-19(23)24)22(31)15(3)25)17(21(30)27-32)11-7-10-16-8-5-4-6-9-16;1-6-2-4-7(5-3-6)11(8,9)10/h4-10,14-15,17-19,32H,11-13,25H2,1-3H3,(H,26,29)(H,27,30);2-5H,1H3,(H,8,9,10)/t15-,17+,18-;/m1./s1. The Labute approximate surface area is 263 Å². The molecule has 43 heavy (non-hydrogen) atoms. The number of amides is 3. The first-order valence-electron chi connectivity index (χ1n) is 13.4. The van der Waals surface area contributed by atoms with Crippen molar-refractivity contribution in [2.24, 2.45) is 23.5 Å². The summed E-state index contributed by atoms with van der Waals surface area (Å²) >= 11 is 11.6. The van der Waals surface area contributed by atoms with Gasteiger partial charge in [0.2, 0.25) is 11.8 Å². The number of benzene rings is 2. The zero-order valence-electron chi connectivity index (χ0n) is 24.5. The lowest BCUT2D eigenvalue weighted by Gasteiger charge is -2.30. The number of alkyl halides is 2.